The summed E-state index contributed by atoms with van der Waals surface area (Å²) in [6.45, 7) is 2.83. The molecule has 0 aromatic carbocycles. The number of fused-ring (bicyclic) bond motifs is 1. The highest BCUT2D eigenvalue weighted by Gasteiger charge is 2.12. The first-order chi connectivity index (χ1) is 8.29. The third-order valence-electron chi connectivity index (χ3n) is 2.87. The molecule has 2 rings (SSSR count). The zero-order chi connectivity index (χ0) is 12.1. The van der Waals surface area contributed by atoms with E-state index in [9.17, 15) is 4.79 Å². The standard InChI is InChI=1S/C13H18N2O2/c1-2-17-13(16)8-9-14-12-7-6-10-4-3-5-11(10)15-12/h6-7H,2-5,8-9H2,1H3,(H,14,15). The van der Waals surface area contributed by atoms with Gasteiger partial charge in [-0.2, -0.15) is 0 Å². The van der Waals surface area contributed by atoms with E-state index < -0.39 is 0 Å². The predicted molar refractivity (Wildman–Crippen MR) is 66.0 cm³/mol. The molecule has 1 N–H and O–H groups in total. The quantitative estimate of drug-likeness (QED) is 0.791. The average Bonchev–Trinajstić information content (AvgIpc) is 2.76. The maximum absolute atomic E-state index is 11.1. The van der Waals surface area contributed by atoms with Crippen molar-refractivity contribution in [1.29, 1.82) is 0 Å². The van der Waals surface area contributed by atoms with Crippen molar-refractivity contribution in [3.8, 4) is 0 Å². The normalized spacial score (nSPS) is 13.2. The van der Waals surface area contributed by atoms with Gasteiger partial charge in [0.15, 0.2) is 0 Å². The molecule has 0 saturated heterocycles. The van der Waals surface area contributed by atoms with Crippen LogP contribution in [0.2, 0.25) is 0 Å². The van der Waals surface area contributed by atoms with E-state index in [-0.39, 0.29) is 5.97 Å². The summed E-state index contributed by atoms with van der Waals surface area (Å²) < 4.78 is 4.85. The lowest BCUT2D eigenvalue weighted by Gasteiger charge is -2.07. The second kappa shape index (κ2) is 5.66. The fourth-order valence-electron chi connectivity index (χ4n) is 2.04. The Morgan fingerprint density at radius 3 is 3.18 bits per heavy atom. The highest BCUT2D eigenvalue weighted by Crippen LogP contribution is 2.21. The van der Waals surface area contributed by atoms with Gasteiger partial charge in [0.25, 0.3) is 0 Å². The molecule has 1 aromatic rings. The number of carbonyl (C=O) groups is 1. The molecule has 17 heavy (non-hydrogen) atoms. The first kappa shape index (κ1) is 11.9. The van der Waals surface area contributed by atoms with Crippen LogP contribution in [0.5, 0.6) is 0 Å². The minimum absolute atomic E-state index is 0.166. The molecule has 0 atom stereocenters. The molecule has 1 aromatic heterocycles. The summed E-state index contributed by atoms with van der Waals surface area (Å²) in [7, 11) is 0. The lowest BCUT2D eigenvalue weighted by atomic mass is 10.2. The fourth-order valence-corrected chi connectivity index (χ4v) is 2.04. The lowest BCUT2D eigenvalue weighted by Crippen LogP contribution is -2.12. The molecule has 0 fully saturated rings. The van der Waals surface area contributed by atoms with Gasteiger partial charge < -0.3 is 10.1 Å². The molecule has 1 aliphatic rings. The number of hydrogen-bond donors (Lipinski definition) is 1. The van der Waals surface area contributed by atoms with Crippen LogP contribution in [0.4, 0.5) is 5.82 Å². The SMILES string of the molecule is CCOC(=O)CCNc1ccc2c(n1)CCC2. The van der Waals surface area contributed by atoms with Gasteiger partial charge in [-0.1, -0.05) is 6.07 Å². The van der Waals surface area contributed by atoms with E-state index in [0.29, 0.717) is 19.6 Å². The number of aryl methyl sites for hydroxylation is 2. The van der Waals surface area contributed by atoms with E-state index in [4.69, 9.17) is 4.74 Å². The van der Waals surface area contributed by atoms with Crippen molar-refractivity contribution < 1.29 is 9.53 Å². The second-order valence-electron chi connectivity index (χ2n) is 4.14. The number of carbonyl (C=O) groups excluding carboxylic acids is 1. The molecule has 4 heteroatoms. The van der Waals surface area contributed by atoms with E-state index in [2.05, 4.69) is 16.4 Å². The molecular weight excluding hydrogens is 216 g/mol. The van der Waals surface area contributed by atoms with E-state index in [0.717, 1.165) is 18.7 Å². The predicted octanol–water partition coefficient (Wildman–Crippen LogP) is 1.94. The van der Waals surface area contributed by atoms with E-state index in [1.54, 1.807) is 0 Å². The first-order valence-corrected chi connectivity index (χ1v) is 6.18. The van der Waals surface area contributed by atoms with Crippen molar-refractivity contribution in [2.45, 2.75) is 32.6 Å². The average molecular weight is 234 g/mol. The third kappa shape index (κ3) is 3.19. The largest absolute Gasteiger partial charge is 0.466 e. The summed E-state index contributed by atoms with van der Waals surface area (Å²) in [4.78, 5) is 15.7. The van der Waals surface area contributed by atoms with Crippen molar-refractivity contribution in [1.82, 2.24) is 4.98 Å². The van der Waals surface area contributed by atoms with Gasteiger partial charge >= 0.3 is 5.97 Å². The summed E-state index contributed by atoms with van der Waals surface area (Å²) >= 11 is 0. The Bertz CT molecular complexity index is 404. The van der Waals surface area contributed by atoms with Gasteiger partial charge in [0.05, 0.1) is 13.0 Å². The number of pyridine rings is 1. The number of aromatic nitrogens is 1. The second-order valence-corrected chi connectivity index (χ2v) is 4.14. The van der Waals surface area contributed by atoms with E-state index >= 15 is 0 Å². The Labute approximate surface area is 101 Å². The topological polar surface area (TPSA) is 51.2 Å². The zero-order valence-electron chi connectivity index (χ0n) is 10.2. The van der Waals surface area contributed by atoms with Gasteiger partial charge in [0.2, 0.25) is 0 Å². The highest BCUT2D eigenvalue weighted by atomic mass is 16.5. The lowest BCUT2D eigenvalue weighted by molar-refractivity contribution is -0.142. The summed E-state index contributed by atoms with van der Waals surface area (Å²) in [6, 6.07) is 4.11. The molecule has 1 heterocycles. The number of nitrogens with one attached hydrogen (secondary N) is 1. The van der Waals surface area contributed by atoms with Gasteiger partial charge in [-0.25, -0.2) is 4.98 Å². The Kier molecular flexibility index (Phi) is 3.96. The van der Waals surface area contributed by atoms with E-state index in [1.807, 2.05) is 13.0 Å². The highest BCUT2D eigenvalue weighted by molar-refractivity contribution is 5.69. The fraction of sp³-hybridized carbons (Fsp3) is 0.538. The Morgan fingerprint density at radius 1 is 1.47 bits per heavy atom. The van der Waals surface area contributed by atoms with Crippen LogP contribution in [-0.4, -0.2) is 24.1 Å². The van der Waals surface area contributed by atoms with Crippen LogP contribution in [0.1, 0.15) is 31.0 Å². The number of hydrogen-bond acceptors (Lipinski definition) is 4. The maximum atomic E-state index is 11.1. The zero-order valence-corrected chi connectivity index (χ0v) is 10.2. The van der Waals surface area contributed by atoms with Crippen LogP contribution in [-0.2, 0) is 22.4 Å². The molecule has 0 bridgehead atoms. The molecule has 0 saturated carbocycles. The van der Waals surface area contributed by atoms with Crippen LogP contribution >= 0.6 is 0 Å². The monoisotopic (exact) mass is 234 g/mol. The molecule has 92 valence electrons. The minimum atomic E-state index is -0.166. The first-order valence-electron chi connectivity index (χ1n) is 6.18. The van der Waals surface area contributed by atoms with E-state index in [1.165, 1.54) is 17.7 Å². The third-order valence-corrected chi connectivity index (χ3v) is 2.87. The summed E-state index contributed by atoms with van der Waals surface area (Å²) in [5, 5.41) is 3.15. The molecule has 0 spiro atoms. The Hall–Kier alpha value is -1.58. The van der Waals surface area contributed by atoms with Crippen molar-refractivity contribution in [2.75, 3.05) is 18.5 Å². The van der Waals surface area contributed by atoms with Crippen molar-refractivity contribution in [3.63, 3.8) is 0 Å². The number of anilines is 1. The number of rotatable bonds is 5. The van der Waals surface area contributed by atoms with Gasteiger partial charge in [-0.05, 0) is 37.8 Å². The van der Waals surface area contributed by atoms with Crippen LogP contribution in [0.3, 0.4) is 0 Å². The molecular formula is C13H18N2O2. The van der Waals surface area contributed by atoms with Crippen LogP contribution < -0.4 is 5.32 Å². The van der Waals surface area contributed by atoms with Crippen molar-refractivity contribution in [3.05, 3.63) is 23.4 Å². The smallest absolute Gasteiger partial charge is 0.307 e. The van der Waals surface area contributed by atoms with Gasteiger partial charge in [-0.3, -0.25) is 4.79 Å². The van der Waals surface area contributed by atoms with Crippen molar-refractivity contribution in [2.24, 2.45) is 0 Å². The van der Waals surface area contributed by atoms with Gasteiger partial charge in [-0.15, -0.1) is 0 Å². The minimum Gasteiger partial charge on any atom is -0.466 e. The van der Waals surface area contributed by atoms with Gasteiger partial charge in [0.1, 0.15) is 5.82 Å². The molecule has 0 amide bonds. The Balaban J connectivity index is 1.81. The molecule has 4 nitrogen and oxygen atoms in total. The number of ether oxygens (including phenoxy) is 1. The molecule has 0 aliphatic heterocycles. The summed E-state index contributed by atoms with van der Waals surface area (Å²) in [5.74, 6) is 0.691. The maximum Gasteiger partial charge on any atom is 0.307 e. The molecule has 1 aliphatic carbocycles. The summed E-state index contributed by atoms with van der Waals surface area (Å²) in [5.41, 5.74) is 2.56. The molecule has 0 radical (unpaired) electrons. The Morgan fingerprint density at radius 2 is 2.35 bits per heavy atom. The van der Waals surface area contributed by atoms with Crippen LogP contribution in [0.25, 0.3) is 0 Å². The van der Waals surface area contributed by atoms with Crippen LogP contribution in [0.15, 0.2) is 12.1 Å². The molecule has 0 unspecified atom stereocenters. The number of nitrogens with zero attached hydrogens (tertiary/aromatic N) is 1. The number of esters is 1. The van der Waals surface area contributed by atoms with Crippen molar-refractivity contribution >= 4 is 11.8 Å². The summed E-state index contributed by atoms with van der Waals surface area (Å²) in [6.07, 6.45) is 3.80. The van der Waals surface area contributed by atoms with Gasteiger partial charge in [0, 0.05) is 12.2 Å². The van der Waals surface area contributed by atoms with Crippen LogP contribution in [0, 0.1) is 0 Å².